The second-order valence-electron chi connectivity index (χ2n) is 7.62. The molecule has 1 heterocycles. The molecule has 3 N–H and O–H groups in total. The summed E-state index contributed by atoms with van der Waals surface area (Å²) in [6.07, 6.45) is 0.465. The highest BCUT2D eigenvalue weighted by atomic mass is 35.5. The summed E-state index contributed by atoms with van der Waals surface area (Å²) in [6.45, 7) is 3.65. The lowest BCUT2D eigenvalue weighted by Gasteiger charge is -2.16. The molecule has 0 fully saturated rings. The molecule has 0 aliphatic rings. The molecule has 35 heavy (non-hydrogen) atoms. The molecular weight excluding hydrogens is 489 g/mol. The van der Waals surface area contributed by atoms with Gasteiger partial charge in [-0.15, -0.1) is 0 Å². The fraction of sp³-hybridized carbons (Fsp3) is 0.120. The van der Waals surface area contributed by atoms with Crippen LogP contribution in [0.5, 0.6) is 11.5 Å². The van der Waals surface area contributed by atoms with E-state index in [1.165, 1.54) is 0 Å². The molecule has 0 aliphatic heterocycles. The van der Waals surface area contributed by atoms with Gasteiger partial charge in [-0.1, -0.05) is 35.9 Å². The van der Waals surface area contributed by atoms with Crippen molar-refractivity contribution in [3.05, 3.63) is 77.9 Å². The lowest BCUT2D eigenvalue weighted by molar-refractivity contribution is 0.210. The number of aromatic nitrogens is 1. The van der Waals surface area contributed by atoms with Crippen molar-refractivity contribution in [3.63, 3.8) is 0 Å². The molecule has 3 aromatic carbocycles. The van der Waals surface area contributed by atoms with Crippen LogP contribution in [0.4, 0.5) is 22.0 Å². The van der Waals surface area contributed by atoms with Gasteiger partial charge in [0.2, 0.25) is 7.37 Å². The van der Waals surface area contributed by atoms with Crippen LogP contribution in [0.15, 0.2) is 72.9 Å². The van der Waals surface area contributed by atoms with Gasteiger partial charge in [-0.2, -0.15) is 0 Å². The first-order valence-corrected chi connectivity index (χ1v) is 13.2. The summed E-state index contributed by atoms with van der Waals surface area (Å²) in [4.78, 5) is 15.4. The molecule has 0 aliphatic carbocycles. The van der Waals surface area contributed by atoms with Gasteiger partial charge in [0.25, 0.3) is 0 Å². The number of halogens is 1. The quantitative estimate of drug-likeness (QED) is 0.217. The van der Waals surface area contributed by atoms with Crippen LogP contribution >= 0.6 is 19.0 Å². The maximum Gasteiger partial charge on any atom is 0.409 e. The van der Waals surface area contributed by atoms with Gasteiger partial charge in [0, 0.05) is 35.4 Å². The van der Waals surface area contributed by atoms with Crippen molar-refractivity contribution in [1.82, 2.24) is 4.98 Å². The van der Waals surface area contributed by atoms with Crippen molar-refractivity contribution in [1.29, 1.82) is 0 Å². The van der Waals surface area contributed by atoms with Crippen molar-refractivity contribution < 1.29 is 23.7 Å². The SMILES string of the molecule is CCOP(C)(=O)c1ccc(Nc2cc(Oc3ccc(NC(=O)O)c4ccccc34)ccn2)cc1Cl. The highest BCUT2D eigenvalue weighted by Crippen LogP contribution is 2.44. The van der Waals surface area contributed by atoms with Gasteiger partial charge in [0.1, 0.15) is 17.3 Å². The number of benzene rings is 3. The fourth-order valence-corrected chi connectivity index (χ4v) is 5.70. The number of ether oxygens (including phenoxy) is 1. The zero-order valence-electron chi connectivity index (χ0n) is 19.0. The van der Waals surface area contributed by atoms with E-state index >= 15 is 0 Å². The van der Waals surface area contributed by atoms with Gasteiger partial charge in [0.05, 0.1) is 22.6 Å². The van der Waals surface area contributed by atoms with E-state index in [-0.39, 0.29) is 0 Å². The van der Waals surface area contributed by atoms with Crippen LogP contribution in [0.25, 0.3) is 10.8 Å². The van der Waals surface area contributed by atoms with E-state index in [2.05, 4.69) is 15.6 Å². The van der Waals surface area contributed by atoms with E-state index in [1.807, 2.05) is 24.3 Å². The van der Waals surface area contributed by atoms with Gasteiger partial charge in [-0.3, -0.25) is 9.88 Å². The summed E-state index contributed by atoms with van der Waals surface area (Å²) in [7, 11) is -3.00. The Kier molecular flexibility index (Phi) is 7.26. The third kappa shape index (κ3) is 5.74. The Morgan fingerprint density at radius 2 is 1.86 bits per heavy atom. The monoisotopic (exact) mass is 511 g/mol. The Morgan fingerprint density at radius 3 is 2.57 bits per heavy atom. The number of hydrogen-bond acceptors (Lipinski definition) is 6. The Morgan fingerprint density at radius 1 is 1.09 bits per heavy atom. The number of nitrogens with one attached hydrogen (secondary N) is 2. The van der Waals surface area contributed by atoms with Crippen LogP contribution in [-0.4, -0.2) is 29.5 Å². The standard InChI is InChI=1S/C25H23ClN3O5P/c1-3-33-35(2,32)23-11-8-16(14-20(23)26)28-24-15-17(12-13-27-24)34-22-10-9-21(29-25(30)31)18-6-4-5-7-19(18)22/h4-15,29H,3H2,1-2H3,(H,27,28)(H,30,31). The molecule has 10 heteroatoms. The zero-order valence-corrected chi connectivity index (χ0v) is 20.6. The summed E-state index contributed by atoms with van der Waals surface area (Å²) in [5, 5.41) is 16.9. The second kappa shape index (κ2) is 10.4. The maximum absolute atomic E-state index is 12.7. The van der Waals surface area contributed by atoms with Crippen molar-refractivity contribution >= 4 is 58.3 Å². The van der Waals surface area contributed by atoms with Crippen molar-refractivity contribution in [3.8, 4) is 11.5 Å². The summed E-state index contributed by atoms with van der Waals surface area (Å²) in [6, 6.07) is 19.3. The molecule has 4 aromatic rings. The van der Waals surface area contributed by atoms with Gasteiger partial charge in [-0.05, 0) is 43.3 Å². The molecule has 8 nitrogen and oxygen atoms in total. The Labute approximate surface area is 207 Å². The first-order chi connectivity index (χ1) is 16.8. The van der Waals surface area contributed by atoms with Crippen LogP contribution in [0.3, 0.4) is 0 Å². The molecule has 0 saturated heterocycles. The number of anilines is 3. The van der Waals surface area contributed by atoms with Gasteiger partial charge < -0.3 is 19.7 Å². The number of rotatable bonds is 8. The Balaban J connectivity index is 1.57. The van der Waals surface area contributed by atoms with Crippen LogP contribution in [0.1, 0.15) is 6.92 Å². The maximum atomic E-state index is 12.7. The predicted molar refractivity (Wildman–Crippen MR) is 139 cm³/mol. The molecule has 1 unspecified atom stereocenters. The van der Waals surface area contributed by atoms with E-state index in [4.69, 9.17) is 26.0 Å². The molecule has 0 saturated carbocycles. The number of pyridine rings is 1. The minimum Gasteiger partial charge on any atom is -0.465 e. The molecular formula is C25H23ClN3O5P. The molecule has 1 amide bonds. The number of carboxylic acid groups (broad SMARTS) is 1. The largest absolute Gasteiger partial charge is 0.465 e. The zero-order chi connectivity index (χ0) is 25.0. The average molecular weight is 512 g/mol. The summed E-state index contributed by atoms with van der Waals surface area (Å²) >= 11 is 6.38. The first-order valence-electron chi connectivity index (χ1n) is 10.7. The minimum atomic E-state index is -3.00. The van der Waals surface area contributed by atoms with Crippen LogP contribution in [0, 0.1) is 0 Å². The van der Waals surface area contributed by atoms with Crippen LogP contribution in [0.2, 0.25) is 5.02 Å². The summed E-state index contributed by atoms with van der Waals surface area (Å²) in [5.41, 5.74) is 1.13. The van der Waals surface area contributed by atoms with E-state index in [9.17, 15) is 9.36 Å². The number of carbonyl (C=O) groups is 1. The number of amides is 1. The molecule has 1 aromatic heterocycles. The third-order valence-corrected chi connectivity index (χ3v) is 7.58. The number of hydrogen-bond donors (Lipinski definition) is 3. The highest BCUT2D eigenvalue weighted by Gasteiger charge is 2.22. The van der Waals surface area contributed by atoms with Crippen molar-refractivity contribution in [2.45, 2.75) is 6.92 Å². The normalized spacial score (nSPS) is 12.7. The van der Waals surface area contributed by atoms with E-state index < -0.39 is 13.5 Å². The van der Waals surface area contributed by atoms with Crippen LogP contribution < -0.4 is 20.7 Å². The van der Waals surface area contributed by atoms with E-state index in [0.29, 0.717) is 45.6 Å². The second-order valence-corrected chi connectivity index (χ2v) is 10.5. The lowest BCUT2D eigenvalue weighted by Crippen LogP contribution is -2.08. The molecule has 0 spiro atoms. The predicted octanol–water partition coefficient (Wildman–Crippen LogP) is 7.08. The Bertz CT molecular complexity index is 1450. The van der Waals surface area contributed by atoms with Gasteiger partial charge >= 0.3 is 6.09 Å². The van der Waals surface area contributed by atoms with Crippen molar-refractivity contribution in [2.75, 3.05) is 23.9 Å². The van der Waals surface area contributed by atoms with Crippen molar-refractivity contribution in [2.24, 2.45) is 0 Å². The molecule has 0 bridgehead atoms. The highest BCUT2D eigenvalue weighted by molar-refractivity contribution is 7.66. The average Bonchev–Trinajstić information content (AvgIpc) is 2.80. The van der Waals surface area contributed by atoms with E-state index in [0.717, 1.165) is 10.8 Å². The van der Waals surface area contributed by atoms with E-state index in [1.54, 1.807) is 62.2 Å². The lowest BCUT2D eigenvalue weighted by atomic mass is 10.1. The molecule has 180 valence electrons. The number of fused-ring (bicyclic) bond motifs is 1. The van der Waals surface area contributed by atoms with Gasteiger partial charge in [0.15, 0.2) is 0 Å². The van der Waals surface area contributed by atoms with Gasteiger partial charge in [-0.25, -0.2) is 9.78 Å². The third-order valence-electron chi connectivity index (χ3n) is 5.12. The Hall–Kier alpha value is -3.58. The first kappa shape index (κ1) is 24.5. The molecule has 1 atom stereocenters. The molecule has 0 radical (unpaired) electrons. The minimum absolute atomic E-state index is 0.328. The topological polar surface area (TPSA) is 110 Å². The smallest absolute Gasteiger partial charge is 0.409 e. The van der Waals surface area contributed by atoms with Crippen LogP contribution in [-0.2, 0) is 9.09 Å². The summed E-state index contributed by atoms with van der Waals surface area (Å²) < 4.78 is 24.2. The fourth-order valence-electron chi connectivity index (χ4n) is 3.63. The molecule has 4 rings (SSSR count). The summed E-state index contributed by atoms with van der Waals surface area (Å²) in [5.74, 6) is 1.61. The number of nitrogens with zero attached hydrogens (tertiary/aromatic N) is 1.